The van der Waals surface area contributed by atoms with Crippen molar-refractivity contribution in [3.05, 3.63) is 0 Å². The van der Waals surface area contributed by atoms with E-state index in [9.17, 15) is 61.3 Å². The molecule has 21 heteroatoms. The lowest BCUT2D eigenvalue weighted by Crippen LogP contribution is -2.63. The maximum atomic E-state index is 11.4. The summed E-state index contributed by atoms with van der Waals surface area (Å²) in [5, 5.41) is 122. The molecular formula is C25H42O21. The SMILES string of the molecule is OC[C@@H]1O[C@@H](O[C@@H]2[C@@H](O)[C@H](O[C@@H]3COC(O)[C@H](O)[C@H]3O)OC[C@H]2O[C@@H]2OC[C@@H](O)[C@H](O)[C@H]2O)[C@H](O[C@@H]2OC[C@@H](O)[C@H](O)[C@H]2O)[C@H]1O. The maximum Gasteiger partial charge on any atom is 0.187 e. The second-order valence-electron chi connectivity index (χ2n) is 11.7. The Kier molecular flexibility index (Phi) is 12.2. The van der Waals surface area contributed by atoms with Gasteiger partial charge in [-0.2, -0.15) is 0 Å². The van der Waals surface area contributed by atoms with Crippen LogP contribution >= 0.6 is 0 Å². The molecule has 5 heterocycles. The highest BCUT2D eigenvalue weighted by atomic mass is 16.8. The van der Waals surface area contributed by atoms with Crippen LogP contribution in [0.5, 0.6) is 0 Å². The fourth-order valence-corrected chi connectivity index (χ4v) is 5.62. The average Bonchev–Trinajstić information content (AvgIpc) is 3.33. The van der Waals surface area contributed by atoms with Gasteiger partial charge in [-0.25, -0.2) is 0 Å². The van der Waals surface area contributed by atoms with E-state index in [2.05, 4.69) is 0 Å². The molecule has 0 aromatic heterocycles. The monoisotopic (exact) mass is 678 g/mol. The van der Waals surface area contributed by atoms with Gasteiger partial charge in [-0.15, -0.1) is 0 Å². The molecule has 12 N–H and O–H groups in total. The standard InChI is InChI=1S/C25H42O21/c26-1-8-14(32)20(46-23-17(35)12(30)7(28)3-40-23)25(42-8)45-19-10(44-22-16(34)11(29)6(27)2-39-22)5-41-24(18(19)36)43-9-4-38-21(37)15(33)13(9)31/h6-37H,1-5H2/t6-,7-,8+,9-,10-,11+,12+,13+,14+,15-,16-,17-,18-,19+,20-,21?,22+,23+,24+,25+/m1/s1. The summed E-state index contributed by atoms with van der Waals surface area (Å²) in [7, 11) is 0. The second-order valence-corrected chi connectivity index (χ2v) is 11.7. The summed E-state index contributed by atoms with van der Waals surface area (Å²) < 4.78 is 49.8. The molecule has 1 unspecified atom stereocenters. The Morgan fingerprint density at radius 3 is 1.54 bits per heavy atom. The van der Waals surface area contributed by atoms with Crippen LogP contribution in [0, 0.1) is 0 Å². The largest absolute Gasteiger partial charge is 0.394 e. The van der Waals surface area contributed by atoms with Crippen molar-refractivity contribution in [2.75, 3.05) is 33.0 Å². The number of aliphatic hydroxyl groups is 12. The average molecular weight is 679 g/mol. The van der Waals surface area contributed by atoms with Crippen LogP contribution in [0.15, 0.2) is 0 Å². The predicted octanol–water partition coefficient (Wildman–Crippen LogP) is -8.73. The fraction of sp³-hybridized carbons (Fsp3) is 1.00. The molecule has 0 bridgehead atoms. The van der Waals surface area contributed by atoms with Gasteiger partial charge in [-0.1, -0.05) is 0 Å². The van der Waals surface area contributed by atoms with Crippen molar-refractivity contribution < 1.29 is 104 Å². The molecule has 5 rings (SSSR count). The van der Waals surface area contributed by atoms with Crippen molar-refractivity contribution in [3.8, 4) is 0 Å². The van der Waals surface area contributed by atoms with Crippen LogP contribution in [-0.2, 0) is 42.6 Å². The molecule has 0 aromatic rings. The van der Waals surface area contributed by atoms with Gasteiger partial charge in [0.25, 0.3) is 0 Å². The first-order chi connectivity index (χ1) is 21.8. The number of rotatable bonds is 9. The zero-order valence-electron chi connectivity index (χ0n) is 24.1. The highest BCUT2D eigenvalue weighted by Gasteiger charge is 2.54. The van der Waals surface area contributed by atoms with Crippen molar-refractivity contribution in [3.63, 3.8) is 0 Å². The van der Waals surface area contributed by atoms with Crippen LogP contribution in [0.4, 0.5) is 0 Å². The molecule has 5 aliphatic heterocycles. The molecule has 21 nitrogen and oxygen atoms in total. The Labute approximate surface area is 260 Å². The van der Waals surface area contributed by atoms with E-state index in [-0.39, 0.29) is 0 Å². The van der Waals surface area contributed by atoms with E-state index in [0.717, 1.165) is 0 Å². The first-order valence-electron chi connectivity index (χ1n) is 14.7. The van der Waals surface area contributed by atoms with E-state index < -0.39 is 156 Å². The van der Waals surface area contributed by atoms with Crippen molar-refractivity contribution in [1.29, 1.82) is 0 Å². The van der Waals surface area contributed by atoms with Gasteiger partial charge in [0.15, 0.2) is 31.5 Å². The van der Waals surface area contributed by atoms with E-state index in [4.69, 9.17) is 42.6 Å². The summed E-state index contributed by atoms with van der Waals surface area (Å²) >= 11 is 0. The molecule has 0 radical (unpaired) electrons. The van der Waals surface area contributed by atoms with Gasteiger partial charge in [0, 0.05) is 0 Å². The molecule has 0 amide bonds. The summed E-state index contributed by atoms with van der Waals surface area (Å²) in [6.07, 6.45) is -32.0. The minimum absolute atomic E-state index is 0.421. The van der Waals surface area contributed by atoms with Crippen LogP contribution in [0.25, 0.3) is 0 Å². The maximum absolute atomic E-state index is 11.4. The van der Waals surface area contributed by atoms with Crippen molar-refractivity contribution in [2.45, 2.75) is 123 Å². The zero-order valence-corrected chi connectivity index (χ0v) is 24.1. The topological polar surface area (TPSA) is 326 Å². The van der Waals surface area contributed by atoms with Gasteiger partial charge in [-0.3, -0.25) is 0 Å². The Bertz CT molecular complexity index is 965. The molecule has 5 aliphatic rings. The van der Waals surface area contributed by atoms with Crippen LogP contribution in [0.2, 0.25) is 0 Å². The van der Waals surface area contributed by atoms with Gasteiger partial charge in [-0.05, 0) is 0 Å². The molecule has 0 aromatic carbocycles. The lowest BCUT2D eigenvalue weighted by molar-refractivity contribution is -0.366. The highest BCUT2D eigenvalue weighted by molar-refractivity contribution is 4.95. The number of aliphatic hydroxyl groups excluding tert-OH is 12. The molecule has 5 fully saturated rings. The molecule has 0 aliphatic carbocycles. The molecular weight excluding hydrogens is 636 g/mol. The van der Waals surface area contributed by atoms with Gasteiger partial charge < -0.3 is 104 Å². The highest BCUT2D eigenvalue weighted by Crippen LogP contribution is 2.34. The first kappa shape index (κ1) is 36.4. The molecule has 5 saturated heterocycles. The van der Waals surface area contributed by atoms with E-state index >= 15 is 0 Å². The number of hydrogen-bond donors (Lipinski definition) is 12. The molecule has 0 spiro atoms. The Balaban J connectivity index is 1.35. The summed E-state index contributed by atoms with van der Waals surface area (Å²) in [6.45, 7) is -2.52. The summed E-state index contributed by atoms with van der Waals surface area (Å²) in [5.41, 5.74) is 0. The van der Waals surface area contributed by atoms with E-state index in [1.54, 1.807) is 0 Å². The third kappa shape index (κ3) is 7.50. The molecule has 0 saturated carbocycles. The van der Waals surface area contributed by atoms with Crippen LogP contribution in [0.3, 0.4) is 0 Å². The lowest BCUT2D eigenvalue weighted by atomic mass is 10.0. The van der Waals surface area contributed by atoms with E-state index in [0.29, 0.717) is 0 Å². The summed E-state index contributed by atoms with van der Waals surface area (Å²) in [6, 6.07) is 0. The summed E-state index contributed by atoms with van der Waals surface area (Å²) in [5.74, 6) is 0. The zero-order chi connectivity index (χ0) is 33.4. The van der Waals surface area contributed by atoms with Gasteiger partial charge in [0.05, 0.1) is 33.0 Å². The normalized spacial score (nSPS) is 53.7. The van der Waals surface area contributed by atoms with E-state index in [1.807, 2.05) is 0 Å². The predicted molar refractivity (Wildman–Crippen MR) is 136 cm³/mol. The molecule has 268 valence electrons. The van der Waals surface area contributed by atoms with E-state index in [1.165, 1.54) is 0 Å². The minimum Gasteiger partial charge on any atom is -0.394 e. The van der Waals surface area contributed by atoms with Crippen LogP contribution in [-0.4, -0.2) is 217 Å². The van der Waals surface area contributed by atoms with Crippen molar-refractivity contribution >= 4 is 0 Å². The third-order valence-electron chi connectivity index (χ3n) is 8.44. The Hall–Kier alpha value is -0.840. The first-order valence-corrected chi connectivity index (χ1v) is 14.7. The molecule has 20 atom stereocenters. The quantitative estimate of drug-likeness (QED) is 0.108. The second kappa shape index (κ2) is 15.4. The smallest absolute Gasteiger partial charge is 0.187 e. The Morgan fingerprint density at radius 2 is 0.935 bits per heavy atom. The van der Waals surface area contributed by atoms with Gasteiger partial charge in [0.2, 0.25) is 0 Å². The van der Waals surface area contributed by atoms with Gasteiger partial charge in [0.1, 0.15) is 91.6 Å². The number of ether oxygens (including phenoxy) is 9. The fourth-order valence-electron chi connectivity index (χ4n) is 5.62. The minimum atomic E-state index is -1.85. The van der Waals surface area contributed by atoms with Crippen LogP contribution in [0.1, 0.15) is 0 Å². The number of hydrogen-bond acceptors (Lipinski definition) is 21. The van der Waals surface area contributed by atoms with Crippen LogP contribution < -0.4 is 0 Å². The third-order valence-corrected chi connectivity index (χ3v) is 8.44. The van der Waals surface area contributed by atoms with Gasteiger partial charge >= 0.3 is 0 Å². The lowest BCUT2D eigenvalue weighted by Gasteiger charge is -2.45. The van der Waals surface area contributed by atoms with Crippen molar-refractivity contribution in [1.82, 2.24) is 0 Å². The van der Waals surface area contributed by atoms with Crippen molar-refractivity contribution in [2.24, 2.45) is 0 Å². The Morgan fingerprint density at radius 1 is 0.435 bits per heavy atom. The molecule has 46 heavy (non-hydrogen) atoms. The summed E-state index contributed by atoms with van der Waals surface area (Å²) in [4.78, 5) is 0.